The van der Waals surface area contributed by atoms with Crippen molar-refractivity contribution < 1.29 is 4.74 Å². The van der Waals surface area contributed by atoms with E-state index in [4.69, 9.17) is 4.74 Å². The van der Waals surface area contributed by atoms with Crippen LogP contribution in [0.2, 0.25) is 0 Å². The van der Waals surface area contributed by atoms with E-state index in [-0.39, 0.29) is 0 Å². The molecule has 0 bridgehead atoms. The first kappa shape index (κ1) is 13.3. The van der Waals surface area contributed by atoms with Crippen LogP contribution < -0.4 is 4.74 Å². The van der Waals surface area contributed by atoms with Crippen molar-refractivity contribution in [3.63, 3.8) is 0 Å². The fraction of sp³-hybridized carbons (Fsp3) is 0.375. The highest BCUT2D eigenvalue weighted by Crippen LogP contribution is 2.20. The first-order valence-corrected chi connectivity index (χ1v) is 7.54. The third kappa shape index (κ3) is 3.95. The van der Waals surface area contributed by atoms with Crippen molar-refractivity contribution >= 4 is 22.5 Å². The van der Waals surface area contributed by atoms with Crippen LogP contribution in [-0.4, -0.2) is 17.6 Å². The minimum absolute atomic E-state index is 0.714. The number of benzene rings is 2. The summed E-state index contributed by atoms with van der Waals surface area (Å²) < 4.78 is 5.78. The van der Waals surface area contributed by atoms with Crippen LogP contribution in [0, 0.1) is 0 Å². The van der Waals surface area contributed by atoms with Gasteiger partial charge in [0.15, 0.2) is 0 Å². The third-order valence-corrected chi connectivity index (χ3v) is 3.92. The Morgan fingerprint density at radius 1 is 1.06 bits per heavy atom. The molecular weight excluding hydrogens is 240 g/mol. The average Bonchev–Trinajstić information content (AvgIpc) is 2.38. The van der Waals surface area contributed by atoms with Crippen molar-refractivity contribution in [1.82, 2.24) is 0 Å². The second-order valence-corrected chi connectivity index (χ2v) is 6.31. The number of ether oxygens (including phenoxy) is 1. The van der Waals surface area contributed by atoms with E-state index >= 15 is 0 Å². The summed E-state index contributed by atoms with van der Waals surface area (Å²) in [4.78, 5) is 0. The molecule has 2 aromatic rings. The van der Waals surface area contributed by atoms with Gasteiger partial charge in [0.25, 0.3) is 0 Å². The lowest BCUT2D eigenvalue weighted by Crippen LogP contribution is -2.00. The summed E-state index contributed by atoms with van der Waals surface area (Å²) in [7, 11) is 0. The van der Waals surface area contributed by atoms with Gasteiger partial charge < -0.3 is 4.74 Å². The average molecular weight is 260 g/mol. The fourth-order valence-electron chi connectivity index (χ4n) is 1.83. The SMILES string of the molecule is CC(C)SCCCOc1ccc2ccccc2c1. The van der Waals surface area contributed by atoms with E-state index in [1.807, 2.05) is 11.8 Å². The molecule has 2 aromatic carbocycles. The molecule has 0 spiro atoms. The van der Waals surface area contributed by atoms with Crippen LogP contribution in [0.4, 0.5) is 0 Å². The van der Waals surface area contributed by atoms with Crippen molar-refractivity contribution in [2.45, 2.75) is 25.5 Å². The lowest BCUT2D eigenvalue weighted by atomic mass is 10.1. The quantitative estimate of drug-likeness (QED) is 0.693. The van der Waals surface area contributed by atoms with Gasteiger partial charge in [0.2, 0.25) is 0 Å². The summed E-state index contributed by atoms with van der Waals surface area (Å²) in [5.74, 6) is 2.15. The van der Waals surface area contributed by atoms with Gasteiger partial charge in [-0.1, -0.05) is 44.2 Å². The number of rotatable bonds is 6. The van der Waals surface area contributed by atoms with Gasteiger partial charge in [0.1, 0.15) is 5.75 Å². The molecule has 0 N–H and O–H groups in total. The normalized spacial score (nSPS) is 11.1. The third-order valence-electron chi connectivity index (χ3n) is 2.73. The van der Waals surface area contributed by atoms with E-state index in [0.29, 0.717) is 5.25 Å². The van der Waals surface area contributed by atoms with E-state index in [0.717, 1.165) is 18.8 Å². The number of hydrogen-bond acceptors (Lipinski definition) is 2. The molecule has 1 nitrogen and oxygen atoms in total. The summed E-state index contributed by atoms with van der Waals surface area (Å²) in [6.45, 7) is 5.27. The van der Waals surface area contributed by atoms with Crippen molar-refractivity contribution in [3.05, 3.63) is 42.5 Å². The van der Waals surface area contributed by atoms with Gasteiger partial charge in [-0.3, -0.25) is 0 Å². The van der Waals surface area contributed by atoms with Gasteiger partial charge in [-0.15, -0.1) is 0 Å². The number of fused-ring (bicyclic) bond motifs is 1. The van der Waals surface area contributed by atoms with Crippen LogP contribution in [0.3, 0.4) is 0 Å². The Morgan fingerprint density at radius 3 is 2.61 bits per heavy atom. The number of thioether (sulfide) groups is 1. The van der Waals surface area contributed by atoms with E-state index in [9.17, 15) is 0 Å². The molecule has 0 saturated carbocycles. The minimum Gasteiger partial charge on any atom is -0.494 e. The van der Waals surface area contributed by atoms with Crippen LogP contribution in [0.15, 0.2) is 42.5 Å². The van der Waals surface area contributed by atoms with Gasteiger partial charge in [0.05, 0.1) is 6.61 Å². The molecule has 0 radical (unpaired) electrons. The Labute approximate surface area is 114 Å². The largest absolute Gasteiger partial charge is 0.494 e. The molecule has 0 aliphatic rings. The maximum atomic E-state index is 5.78. The van der Waals surface area contributed by atoms with Gasteiger partial charge in [-0.05, 0) is 40.3 Å². The Morgan fingerprint density at radius 2 is 1.83 bits per heavy atom. The van der Waals surface area contributed by atoms with Crippen LogP contribution in [0.1, 0.15) is 20.3 Å². The van der Waals surface area contributed by atoms with Crippen molar-refractivity contribution in [2.24, 2.45) is 0 Å². The molecule has 2 heteroatoms. The predicted molar refractivity (Wildman–Crippen MR) is 81.7 cm³/mol. The zero-order chi connectivity index (χ0) is 12.8. The monoisotopic (exact) mass is 260 g/mol. The smallest absolute Gasteiger partial charge is 0.119 e. The maximum absolute atomic E-state index is 5.78. The standard InChI is InChI=1S/C16H20OS/c1-13(2)18-11-5-10-17-16-9-8-14-6-3-4-7-15(14)12-16/h3-4,6-9,12-13H,5,10-11H2,1-2H3. The van der Waals surface area contributed by atoms with Crippen molar-refractivity contribution in [3.8, 4) is 5.75 Å². The maximum Gasteiger partial charge on any atom is 0.119 e. The highest BCUT2D eigenvalue weighted by atomic mass is 32.2. The molecule has 0 aliphatic heterocycles. The molecule has 0 saturated heterocycles. The van der Waals surface area contributed by atoms with Crippen LogP contribution in [-0.2, 0) is 0 Å². The summed E-state index contributed by atoms with van der Waals surface area (Å²) in [6, 6.07) is 14.7. The Hall–Kier alpha value is -1.15. The molecule has 0 aromatic heterocycles. The Balaban J connectivity index is 1.84. The van der Waals surface area contributed by atoms with Crippen LogP contribution in [0.5, 0.6) is 5.75 Å². The number of hydrogen-bond donors (Lipinski definition) is 0. The lowest BCUT2D eigenvalue weighted by Gasteiger charge is -2.08. The van der Waals surface area contributed by atoms with Gasteiger partial charge in [-0.2, -0.15) is 11.8 Å². The molecule has 0 unspecified atom stereocenters. The zero-order valence-corrected chi connectivity index (χ0v) is 11.9. The molecule has 0 fully saturated rings. The Kier molecular flexibility index (Phi) is 4.94. The first-order valence-electron chi connectivity index (χ1n) is 6.49. The zero-order valence-electron chi connectivity index (χ0n) is 11.1. The summed E-state index contributed by atoms with van der Waals surface area (Å²) in [6.07, 6.45) is 1.11. The molecular formula is C16H20OS. The first-order chi connectivity index (χ1) is 8.75. The summed E-state index contributed by atoms with van der Waals surface area (Å²) >= 11 is 1.99. The predicted octanol–water partition coefficient (Wildman–Crippen LogP) is 4.75. The van der Waals surface area contributed by atoms with Crippen LogP contribution >= 0.6 is 11.8 Å². The van der Waals surface area contributed by atoms with Crippen molar-refractivity contribution in [2.75, 3.05) is 12.4 Å². The second-order valence-electron chi connectivity index (χ2n) is 4.63. The molecule has 18 heavy (non-hydrogen) atoms. The van der Waals surface area contributed by atoms with E-state index in [1.54, 1.807) is 0 Å². The molecule has 0 amide bonds. The fourth-order valence-corrected chi connectivity index (χ4v) is 2.58. The molecule has 2 rings (SSSR count). The Bertz CT molecular complexity index is 493. The van der Waals surface area contributed by atoms with Crippen molar-refractivity contribution in [1.29, 1.82) is 0 Å². The minimum atomic E-state index is 0.714. The lowest BCUT2D eigenvalue weighted by molar-refractivity contribution is 0.319. The summed E-state index contributed by atoms with van der Waals surface area (Å²) in [5, 5.41) is 3.22. The van der Waals surface area contributed by atoms with Gasteiger partial charge >= 0.3 is 0 Å². The summed E-state index contributed by atoms with van der Waals surface area (Å²) in [5.41, 5.74) is 0. The van der Waals surface area contributed by atoms with Crippen LogP contribution in [0.25, 0.3) is 10.8 Å². The molecule has 96 valence electrons. The molecule has 0 aliphatic carbocycles. The highest BCUT2D eigenvalue weighted by molar-refractivity contribution is 7.99. The molecule has 0 atom stereocenters. The van der Waals surface area contributed by atoms with E-state index in [2.05, 4.69) is 56.3 Å². The van der Waals surface area contributed by atoms with Gasteiger partial charge in [0, 0.05) is 0 Å². The van der Waals surface area contributed by atoms with E-state index < -0.39 is 0 Å². The van der Waals surface area contributed by atoms with Gasteiger partial charge in [-0.25, -0.2) is 0 Å². The topological polar surface area (TPSA) is 9.23 Å². The van der Waals surface area contributed by atoms with E-state index in [1.165, 1.54) is 16.5 Å². The second kappa shape index (κ2) is 6.69. The molecule has 0 heterocycles. The highest BCUT2D eigenvalue weighted by Gasteiger charge is 1.98.